The molecule has 0 amide bonds. The molecule has 0 radical (unpaired) electrons. The van der Waals surface area contributed by atoms with Crippen LogP contribution in [0.2, 0.25) is 0 Å². The number of rotatable bonds is 3. The maximum Gasteiger partial charge on any atom is 0.324 e. The molecule has 3 atom stereocenters. The fourth-order valence-corrected chi connectivity index (χ4v) is 3.61. The average molecular weight is 306 g/mol. The Bertz CT molecular complexity index is 683. The molecule has 0 bridgehead atoms. The Morgan fingerprint density at radius 3 is 2.82 bits per heavy atom. The first kappa shape index (κ1) is 13.2. The second-order valence-corrected chi connectivity index (χ2v) is 5.50. The van der Waals surface area contributed by atoms with Crippen molar-refractivity contribution in [3.8, 4) is 17.2 Å². The van der Waals surface area contributed by atoms with Crippen molar-refractivity contribution in [1.29, 1.82) is 0 Å². The molecule has 4 rings (SSSR count). The predicted octanol–water partition coefficient (Wildman–Crippen LogP) is 0.853. The standard InChI is InChI=1S/C15H14O7/c1-18-9-3-7(4-10-12(9)22-6-21-10)11-8-5-20-14(17)15(8,11)13(16)19-2/h3-4,8,11H,5-6H2,1-2H3/t8-,11-,15-/m1/s1. The van der Waals surface area contributed by atoms with Gasteiger partial charge in [-0.25, -0.2) is 0 Å². The quantitative estimate of drug-likeness (QED) is 0.605. The van der Waals surface area contributed by atoms with Crippen molar-refractivity contribution in [1.82, 2.24) is 0 Å². The molecule has 22 heavy (non-hydrogen) atoms. The number of fused-ring (bicyclic) bond motifs is 2. The minimum absolute atomic E-state index is 0.118. The lowest BCUT2D eigenvalue weighted by atomic mass is 9.98. The van der Waals surface area contributed by atoms with Crippen molar-refractivity contribution in [3.63, 3.8) is 0 Å². The van der Waals surface area contributed by atoms with E-state index in [0.29, 0.717) is 17.2 Å². The zero-order valence-electron chi connectivity index (χ0n) is 12.1. The first-order chi connectivity index (χ1) is 10.6. The molecule has 2 fully saturated rings. The Morgan fingerprint density at radius 1 is 1.27 bits per heavy atom. The van der Waals surface area contributed by atoms with Crippen LogP contribution in [-0.2, 0) is 19.1 Å². The van der Waals surface area contributed by atoms with Crippen molar-refractivity contribution in [2.24, 2.45) is 11.3 Å². The molecule has 3 aliphatic rings. The Morgan fingerprint density at radius 2 is 2.09 bits per heavy atom. The van der Waals surface area contributed by atoms with Gasteiger partial charge in [0.25, 0.3) is 0 Å². The van der Waals surface area contributed by atoms with Crippen LogP contribution in [0.5, 0.6) is 17.2 Å². The van der Waals surface area contributed by atoms with Crippen molar-refractivity contribution < 1.29 is 33.3 Å². The van der Waals surface area contributed by atoms with Crippen LogP contribution in [-0.4, -0.2) is 39.6 Å². The van der Waals surface area contributed by atoms with E-state index in [1.165, 1.54) is 14.2 Å². The smallest absolute Gasteiger partial charge is 0.324 e. The fourth-order valence-electron chi connectivity index (χ4n) is 3.61. The van der Waals surface area contributed by atoms with Crippen molar-refractivity contribution in [3.05, 3.63) is 17.7 Å². The summed E-state index contributed by atoms with van der Waals surface area (Å²) >= 11 is 0. The summed E-state index contributed by atoms with van der Waals surface area (Å²) in [6, 6.07) is 3.56. The lowest BCUT2D eigenvalue weighted by Crippen LogP contribution is -2.28. The van der Waals surface area contributed by atoms with E-state index in [-0.39, 0.29) is 25.2 Å². The van der Waals surface area contributed by atoms with Crippen LogP contribution >= 0.6 is 0 Å². The van der Waals surface area contributed by atoms with Gasteiger partial charge in [0.15, 0.2) is 16.9 Å². The SMILES string of the molecule is COC(=O)[C@@]12C(=O)OC[C@@H]1[C@H]2c1cc(OC)c2c(c1)OCO2. The molecule has 7 heteroatoms. The number of methoxy groups -OCH3 is 2. The molecule has 2 heterocycles. The van der Waals surface area contributed by atoms with Gasteiger partial charge in [-0.05, 0) is 17.7 Å². The molecule has 1 saturated heterocycles. The highest BCUT2D eigenvalue weighted by molar-refractivity contribution is 6.07. The van der Waals surface area contributed by atoms with Gasteiger partial charge in [0.1, 0.15) is 0 Å². The summed E-state index contributed by atoms with van der Waals surface area (Å²) in [6.45, 7) is 0.336. The number of hydrogen-bond donors (Lipinski definition) is 0. The van der Waals surface area contributed by atoms with E-state index in [1.54, 1.807) is 12.1 Å². The van der Waals surface area contributed by atoms with Crippen LogP contribution in [0.3, 0.4) is 0 Å². The maximum absolute atomic E-state index is 12.1. The molecule has 0 spiro atoms. The molecular formula is C15H14O7. The largest absolute Gasteiger partial charge is 0.493 e. The Balaban J connectivity index is 1.78. The third-order valence-corrected chi connectivity index (χ3v) is 4.66. The molecule has 1 aliphatic carbocycles. The molecule has 0 N–H and O–H groups in total. The molecule has 1 aromatic rings. The number of esters is 2. The maximum atomic E-state index is 12.1. The van der Waals surface area contributed by atoms with Crippen molar-refractivity contribution in [2.45, 2.75) is 5.92 Å². The van der Waals surface area contributed by atoms with Gasteiger partial charge in [0, 0.05) is 11.8 Å². The minimum atomic E-state index is -1.23. The number of hydrogen-bond acceptors (Lipinski definition) is 7. The Kier molecular flexibility index (Phi) is 2.58. The summed E-state index contributed by atoms with van der Waals surface area (Å²) < 4.78 is 25.9. The summed E-state index contributed by atoms with van der Waals surface area (Å²) in [5.41, 5.74) is -0.443. The van der Waals surface area contributed by atoms with Gasteiger partial charge in [0.2, 0.25) is 12.5 Å². The van der Waals surface area contributed by atoms with E-state index in [4.69, 9.17) is 23.7 Å². The van der Waals surface area contributed by atoms with E-state index in [0.717, 1.165) is 5.56 Å². The van der Waals surface area contributed by atoms with Crippen LogP contribution in [0, 0.1) is 11.3 Å². The molecule has 0 unspecified atom stereocenters. The van der Waals surface area contributed by atoms with Crippen LogP contribution in [0.15, 0.2) is 12.1 Å². The third-order valence-electron chi connectivity index (χ3n) is 4.66. The number of carbonyl (C=O) groups excluding carboxylic acids is 2. The van der Waals surface area contributed by atoms with E-state index in [1.807, 2.05) is 0 Å². The second kappa shape index (κ2) is 4.28. The van der Waals surface area contributed by atoms with Crippen LogP contribution < -0.4 is 14.2 Å². The lowest BCUT2D eigenvalue weighted by Gasteiger charge is -2.13. The fraction of sp³-hybridized carbons (Fsp3) is 0.467. The number of cyclic esters (lactones) is 1. The van der Waals surface area contributed by atoms with Crippen LogP contribution in [0.25, 0.3) is 0 Å². The summed E-state index contributed by atoms with van der Waals surface area (Å²) in [5, 5.41) is 0. The molecule has 0 aromatic heterocycles. The topological polar surface area (TPSA) is 80.3 Å². The van der Waals surface area contributed by atoms with E-state index >= 15 is 0 Å². The zero-order chi connectivity index (χ0) is 15.5. The number of benzene rings is 1. The monoisotopic (exact) mass is 306 g/mol. The first-order valence-electron chi connectivity index (χ1n) is 6.87. The summed E-state index contributed by atoms with van der Waals surface area (Å²) in [7, 11) is 2.80. The lowest BCUT2D eigenvalue weighted by molar-refractivity contribution is -0.158. The third kappa shape index (κ3) is 1.40. The van der Waals surface area contributed by atoms with Gasteiger partial charge in [-0.2, -0.15) is 0 Å². The number of ether oxygens (including phenoxy) is 5. The zero-order valence-corrected chi connectivity index (χ0v) is 12.1. The molecule has 7 nitrogen and oxygen atoms in total. The summed E-state index contributed by atoms with van der Waals surface area (Å²) in [6.07, 6.45) is 0. The average Bonchev–Trinajstić information content (AvgIpc) is 2.81. The summed E-state index contributed by atoms with van der Waals surface area (Å²) in [4.78, 5) is 24.2. The molecule has 1 saturated carbocycles. The first-order valence-corrected chi connectivity index (χ1v) is 6.87. The van der Waals surface area contributed by atoms with E-state index < -0.39 is 17.4 Å². The molecule has 116 valence electrons. The van der Waals surface area contributed by atoms with Gasteiger partial charge >= 0.3 is 11.9 Å². The van der Waals surface area contributed by atoms with Crippen LogP contribution in [0.4, 0.5) is 0 Å². The highest BCUT2D eigenvalue weighted by atomic mass is 16.7. The highest BCUT2D eigenvalue weighted by Crippen LogP contribution is 2.70. The van der Waals surface area contributed by atoms with Gasteiger partial charge < -0.3 is 23.7 Å². The van der Waals surface area contributed by atoms with Crippen molar-refractivity contribution in [2.75, 3.05) is 27.6 Å². The normalized spacial score (nSPS) is 30.5. The van der Waals surface area contributed by atoms with Crippen molar-refractivity contribution >= 4 is 11.9 Å². The van der Waals surface area contributed by atoms with Gasteiger partial charge in [0.05, 0.1) is 20.8 Å². The summed E-state index contributed by atoms with van der Waals surface area (Å²) in [5.74, 6) is 0.0255. The van der Waals surface area contributed by atoms with Gasteiger partial charge in [-0.15, -0.1) is 0 Å². The van der Waals surface area contributed by atoms with Gasteiger partial charge in [-0.3, -0.25) is 9.59 Å². The molecule has 2 aliphatic heterocycles. The predicted molar refractivity (Wildman–Crippen MR) is 70.8 cm³/mol. The van der Waals surface area contributed by atoms with Crippen LogP contribution in [0.1, 0.15) is 11.5 Å². The van der Waals surface area contributed by atoms with E-state index in [9.17, 15) is 9.59 Å². The Hall–Kier alpha value is -2.44. The second-order valence-electron chi connectivity index (χ2n) is 5.50. The van der Waals surface area contributed by atoms with Gasteiger partial charge in [-0.1, -0.05) is 0 Å². The van der Waals surface area contributed by atoms with E-state index in [2.05, 4.69) is 0 Å². The number of carbonyl (C=O) groups is 2. The highest BCUT2D eigenvalue weighted by Gasteiger charge is 2.80. The Labute approximate surface area is 126 Å². The molecule has 1 aromatic carbocycles. The minimum Gasteiger partial charge on any atom is -0.493 e. The molecular weight excluding hydrogens is 292 g/mol.